The lowest BCUT2D eigenvalue weighted by atomic mass is 9.84. The van der Waals surface area contributed by atoms with E-state index in [2.05, 4.69) is 22.9 Å². The minimum Gasteiger partial charge on any atom is -0.371 e. The highest BCUT2D eigenvalue weighted by Gasteiger charge is 2.34. The van der Waals surface area contributed by atoms with Crippen molar-refractivity contribution in [3.63, 3.8) is 0 Å². The van der Waals surface area contributed by atoms with Crippen LogP contribution in [0.2, 0.25) is 5.02 Å². The molecule has 0 aliphatic carbocycles. The Morgan fingerprint density at radius 3 is 2.90 bits per heavy atom. The number of piperidine rings is 2. The van der Waals surface area contributed by atoms with E-state index < -0.39 is 0 Å². The number of anilines is 1. The number of halogens is 2. The number of likely N-dealkylation sites (tertiary alicyclic amines) is 1. The highest BCUT2D eigenvalue weighted by atomic mass is 35.5. The van der Waals surface area contributed by atoms with Gasteiger partial charge in [0, 0.05) is 35.7 Å². The molecule has 2 saturated heterocycles. The Morgan fingerprint density at radius 2 is 2.10 bits per heavy atom. The van der Waals surface area contributed by atoms with Crippen LogP contribution in [-0.2, 0) is 5.88 Å². The molecule has 1 aromatic rings. The Bertz CT molecular complexity index is 478. The molecule has 2 atom stereocenters. The summed E-state index contributed by atoms with van der Waals surface area (Å²) in [6.07, 6.45) is 3.94. The minimum absolute atomic E-state index is 0.528. The van der Waals surface area contributed by atoms with Gasteiger partial charge in [0.1, 0.15) is 0 Å². The number of nitrogens with zero attached hydrogens (tertiary/aromatic N) is 2. The third-order valence-corrected chi connectivity index (χ3v) is 5.39. The molecule has 2 aliphatic rings. The van der Waals surface area contributed by atoms with Crippen LogP contribution < -0.4 is 4.90 Å². The Labute approximate surface area is 131 Å². The summed E-state index contributed by atoms with van der Waals surface area (Å²) >= 11 is 12.2. The van der Waals surface area contributed by atoms with Crippen molar-refractivity contribution in [2.75, 3.05) is 31.6 Å². The smallest absolute Gasteiger partial charge is 0.0495 e. The molecule has 20 heavy (non-hydrogen) atoms. The van der Waals surface area contributed by atoms with Crippen molar-refractivity contribution in [2.45, 2.75) is 31.2 Å². The zero-order chi connectivity index (χ0) is 14.1. The summed E-state index contributed by atoms with van der Waals surface area (Å²) in [6, 6.07) is 6.88. The van der Waals surface area contributed by atoms with Gasteiger partial charge in [-0.25, -0.2) is 0 Å². The molecule has 0 amide bonds. The summed E-state index contributed by atoms with van der Waals surface area (Å²) in [4.78, 5) is 5.06. The van der Waals surface area contributed by atoms with Crippen molar-refractivity contribution in [2.24, 2.45) is 5.92 Å². The number of alkyl halides is 1. The third kappa shape index (κ3) is 2.79. The molecule has 2 nitrogen and oxygen atoms in total. The summed E-state index contributed by atoms with van der Waals surface area (Å²) in [5.41, 5.74) is 2.43. The quantitative estimate of drug-likeness (QED) is 0.762. The second-order valence-electron chi connectivity index (χ2n) is 6.09. The Hall–Kier alpha value is -0.440. The van der Waals surface area contributed by atoms with Crippen molar-refractivity contribution in [3.05, 3.63) is 28.8 Å². The van der Waals surface area contributed by atoms with Gasteiger partial charge in [-0.1, -0.05) is 11.6 Å². The molecule has 3 rings (SSSR count). The van der Waals surface area contributed by atoms with Crippen LogP contribution >= 0.6 is 23.2 Å². The lowest BCUT2D eigenvalue weighted by molar-refractivity contribution is 0.102. The first kappa shape index (κ1) is 14.5. The number of fused-ring (bicyclic) bond motifs is 1. The topological polar surface area (TPSA) is 6.48 Å². The zero-order valence-corrected chi connectivity index (χ0v) is 13.5. The summed E-state index contributed by atoms with van der Waals surface area (Å²) < 4.78 is 0. The van der Waals surface area contributed by atoms with Crippen LogP contribution in [0.4, 0.5) is 5.69 Å². The van der Waals surface area contributed by atoms with Gasteiger partial charge < -0.3 is 9.80 Å². The van der Waals surface area contributed by atoms with Gasteiger partial charge in [-0.3, -0.25) is 0 Å². The van der Waals surface area contributed by atoms with Crippen molar-refractivity contribution in [1.29, 1.82) is 0 Å². The van der Waals surface area contributed by atoms with E-state index in [1.54, 1.807) is 0 Å². The van der Waals surface area contributed by atoms with E-state index in [4.69, 9.17) is 23.2 Å². The van der Waals surface area contributed by atoms with E-state index in [-0.39, 0.29) is 0 Å². The van der Waals surface area contributed by atoms with Crippen molar-refractivity contribution < 1.29 is 0 Å². The molecule has 110 valence electrons. The summed E-state index contributed by atoms with van der Waals surface area (Å²) in [6.45, 7) is 3.53. The van der Waals surface area contributed by atoms with E-state index in [9.17, 15) is 0 Å². The Kier molecular flexibility index (Phi) is 4.44. The number of hydrogen-bond acceptors (Lipinski definition) is 2. The normalized spacial score (nSPS) is 27.4. The highest BCUT2D eigenvalue weighted by Crippen LogP contribution is 2.34. The first-order valence-electron chi connectivity index (χ1n) is 7.48. The highest BCUT2D eigenvalue weighted by molar-refractivity contribution is 6.30. The summed E-state index contributed by atoms with van der Waals surface area (Å²) in [7, 11) is 2.28. The standard InChI is InChI=1S/C16H22Cl2N2/c1-19-7-2-3-12-11-20(8-6-15(12)19)16-5-4-14(18)9-13(16)10-17/h4-5,9,12,15H,2-3,6-8,10-11H2,1H3. The first-order valence-corrected chi connectivity index (χ1v) is 8.40. The van der Waals surface area contributed by atoms with Crippen LogP contribution in [-0.4, -0.2) is 37.6 Å². The summed E-state index contributed by atoms with van der Waals surface area (Å²) in [5, 5.41) is 0.775. The molecular formula is C16H22Cl2N2. The van der Waals surface area contributed by atoms with E-state index in [0.717, 1.165) is 35.6 Å². The van der Waals surface area contributed by atoms with Crippen LogP contribution in [0.1, 0.15) is 24.8 Å². The minimum atomic E-state index is 0.528. The van der Waals surface area contributed by atoms with Crippen molar-refractivity contribution in [1.82, 2.24) is 4.90 Å². The molecule has 1 aromatic carbocycles. The van der Waals surface area contributed by atoms with Gasteiger partial charge in [0.05, 0.1) is 0 Å². The molecule has 0 saturated carbocycles. The lowest BCUT2D eigenvalue weighted by Gasteiger charge is -2.47. The predicted octanol–water partition coefficient (Wildman–Crippen LogP) is 4.00. The fourth-order valence-electron chi connectivity index (χ4n) is 3.84. The van der Waals surface area contributed by atoms with Crippen molar-refractivity contribution >= 4 is 28.9 Å². The number of rotatable bonds is 2. The maximum Gasteiger partial charge on any atom is 0.0495 e. The first-order chi connectivity index (χ1) is 9.69. The van der Waals surface area contributed by atoms with Crippen LogP contribution in [0.3, 0.4) is 0 Å². The van der Waals surface area contributed by atoms with E-state index in [1.165, 1.54) is 31.5 Å². The van der Waals surface area contributed by atoms with Crippen molar-refractivity contribution in [3.8, 4) is 0 Å². The SMILES string of the molecule is CN1CCCC2CN(c3ccc(Cl)cc3CCl)CCC21. The predicted molar refractivity (Wildman–Crippen MR) is 87.0 cm³/mol. The second kappa shape index (κ2) is 6.13. The molecule has 0 aromatic heterocycles. The molecule has 2 unspecified atom stereocenters. The van der Waals surface area contributed by atoms with Crippen LogP contribution in [0, 0.1) is 5.92 Å². The maximum absolute atomic E-state index is 6.09. The molecular weight excluding hydrogens is 291 g/mol. The average Bonchev–Trinajstić information content (AvgIpc) is 2.47. The number of benzene rings is 1. The molecule has 2 aliphatic heterocycles. The molecule has 0 bridgehead atoms. The molecule has 2 fully saturated rings. The molecule has 2 heterocycles. The van der Waals surface area contributed by atoms with Gasteiger partial charge in [0.25, 0.3) is 0 Å². The van der Waals surface area contributed by atoms with E-state index >= 15 is 0 Å². The Morgan fingerprint density at radius 1 is 1.25 bits per heavy atom. The van der Waals surface area contributed by atoms with Gasteiger partial charge in [0.15, 0.2) is 0 Å². The molecule has 0 N–H and O–H groups in total. The largest absolute Gasteiger partial charge is 0.371 e. The average molecular weight is 313 g/mol. The third-order valence-electron chi connectivity index (χ3n) is 4.87. The van der Waals surface area contributed by atoms with Gasteiger partial charge in [-0.15, -0.1) is 11.6 Å². The van der Waals surface area contributed by atoms with Gasteiger partial charge in [0.2, 0.25) is 0 Å². The van der Waals surface area contributed by atoms with Crippen LogP contribution in [0.15, 0.2) is 18.2 Å². The van der Waals surface area contributed by atoms with E-state index in [0.29, 0.717) is 5.88 Å². The maximum atomic E-state index is 6.09. The Balaban J connectivity index is 1.79. The fourth-order valence-corrected chi connectivity index (χ4v) is 4.25. The van der Waals surface area contributed by atoms with Gasteiger partial charge in [-0.2, -0.15) is 0 Å². The second-order valence-corrected chi connectivity index (χ2v) is 6.80. The zero-order valence-electron chi connectivity index (χ0n) is 12.0. The van der Waals surface area contributed by atoms with Gasteiger partial charge in [-0.05, 0) is 62.5 Å². The van der Waals surface area contributed by atoms with E-state index in [1.807, 2.05) is 12.1 Å². The summed E-state index contributed by atoms with van der Waals surface area (Å²) in [5.74, 6) is 1.32. The number of hydrogen-bond donors (Lipinski definition) is 0. The van der Waals surface area contributed by atoms with Crippen LogP contribution in [0.25, 0.3) is 0 Å². The van der Waals surface area contributed by atoms with Gasteiger partial charge >= 0.3 is 0 Å². The molecule has 0 radical (unpaired) electrons. The molecule has 4 heteroatoms. The van der Waals surface area contributed by atoms with Crippen LogP contribution in [0.5, 0.6) is 0 Å². The lowest BCUT2D eigenvalue weighted by Crippen LogP contribution is -2.52. The molecule has 0 spiro atoms. The fraction of sp³-hybridized carbons (Fsp3) is 0.625. The monoisotopic (exact) mass is 312 g/mol.